The topological polar surface area (TPSA) is 89.0 Å². The molecule has 7 nitrogen and oxygen atoms in total. The maximum absolute atomic E-state index is 13.2. The molecule has 0 aliphatic rings. The Labute approximate surface area is 207 Å². The fraction of sp³-hybridized carbons (Fsp3) is 0.107. The summed E-state index contributed by atoms with van der Waals surface area (Å²) in [6.45, 7) is 2.62. The first kappa shape index (κ1) is 24.4. The molecule has 4 aromatic carbocycles. The molecule has 0 saturated carbocycles. The molecule has 0 unspecified atom stereocenters. The van der Waals surface area contributed by atoms with Gasteiger partial charge in [0, 0.05) is 11.3 Å². The Bertz CT molecular complexity index is 1390. The monoisotopic (exact) mass is 485 g/mol. The quantitative estimate of drug-likeness (QED) is 0.208. The fourth-order valence-electron chi connectivity index (χ4n) is 3.47. The molecule has 36 heavy (non-hydrogen) atoms. The minimum Gasteiger partial charge on any atom is -0.494 e. The van der Waals surface area contributed by atoms with Crippen LogP contribution in [0.5, 0.6) is 11.5 Å². The van der Waals surface area contributed by atoms with Gasteiger partial charge in [-0.1, -0.05) is 42.5 Å². The number of halogens is 1. The number of hydrogen-bond donors (Lipinski definition) is 2. The zero-order chi connectivity index (χ0) is 25.3. The highest BCUT2D eigenvalue weighted by Gasteiger charge is 2.14. The van der Waals surface area contributed by atoms with Crippen molar-refractivity contribution < 1.29 is 23.5 Å². The number of ether oxygens (including phenoxy) is 2. The van der Waals surface area contributed by atoms with Gasteiger partial charge < -0.3 is 14.8 Å². The molecule has 0 bridgehead atoms. The Kier molecular flexibility index (Phi) is 7.87. The van der Waals surface area contributed by atoms with E-state index in [0.717, 1.165) is 16.3 Å². The van der Waals surface area contributed by atoms with Gasteiger partial charge in [-0.05, 0) is 65.7 Å². The first-order valence-electron chi connectivity index (χ1n) is 11.3. The molecule has 2 amide bonds. The van der Waals surface area contributed by atoms with E-state index >= 15 is 0 Å². The third-order valence-corrected chi connectivity index (χ3v) is 5.23. The first-order chi connectivity index (χ1) is 17.5. The molecule has 182 valence electrons. The number of benzene rings is 4. The molecule has 4 rings (SSSR count). The predicted octanol–water partition coefficient (Wildman–Crippen LogP) is 5.05. The van der Waals surface area contributed by atoms with Gasteiger partial charge in [0.05, 0.1) is 12.8 Å². The highest BCUT2D eigenvalue weighted by molar-refractivity contribution is 6.39. The van der Waals surface area contributed by atoms with Crippen molar-refractivity contribution in [2.45, 2.75) is 13.5 Å². The van der Waals surface area contributed by atoms with E-state index in [1.165, 1.54) is 18.3 Å². The van der Waals surface area contributed by atoms with Gasteiger partial charge in [0.15, 0.2) is 0 Å². The lowest BCUT2D eigenvalue weighted by atomic mass is 10.0. The van der Waals surface area contributed by atoms with E-state index in [1.54, 1.807) is 42.5 Å². The second kappa shape index (κ2) is 11.6. The van der Waals surface area contributed by atoms with Crippen molar-refractivity contribution in [3.05, 3.63) is 102 Å². The second-order valence-electron chi connectivity index (χ2n) is 7.72. The van der Waals surface area contributed by atoms with Crippen LogP contribution in [0.2, 0.25) is 0 Å². The van der Waals surface area contributed by atoms with Crippen molar-refractivity contribution in [3.63, 3.8) is 0 Å². The number of carbonyl (C=O) groups excluding carboxylic acids is 2. The molecule has 0 atom stereocenters. The number of nitrogens with one attached hydrogen (secondary N) is 2. The van der Waals surface area contributed by atoms with E-state index in [1.807, 2.05) is 37.3 Å². The summed E-state index contributed by atoms with van der Waals surface area (Å²) in [4.78, 5) is 24.5. The van der Waals surface area contributed by atoms with Crippen LogP contribution in [0.3, 0.4) is 0 Å². The van der Waals surface area contributed by atoms with E-state index in [4.69, 9.17) is 9.47 Å². The predicted molar refractivity (Wildman–Crippen MR) is 137 cm³/mol. The molecule has 8 heteroatoms. The van der Waals surface area contributed by atoms with Crippen molar-refractivity contribution in [3.8, 4) is 11.5 Å². The lowest BCUT2D eigenvalue weighted by Gasteiger charge is -2.12. The second-order valence-corrected chi connectivity index (χ2v) is 7.72. The number of fused-ring (bicyclic) bond motifs is 1. The molecule has 0 saturated heterocycles. The Hall–Kier alpha value is -4.72. The zero-order valence-electron chi connectivity index (χ0n) is 19.5. The molecular weight excluding hydrogens is 461 g/mol. The van der Waals surface area contributed by atoms with Crippen molar-refractivity contribution >= 4 is 34.5 Å². The Morgan fingerprint density at radius 2 is 1.64 bits per heavy atom. The molecule has 0 aromatic heterocycles. The third-order valence-electron chi connectivity index (χ3n) is 5.23. The Balaban J connectivity index is 1.45. The van der Waals surface area contributed by atoms with E-state index in [9.17, 15) is 14.0 Å². The molecule has 0 aliphatic carbocycles. The summed E-state index contributed by atoms with van der Waals surface area (Å²) in [5.41, 5.74) is 4.13. The van der Waals surface area contributed by atoms with Crippen LogP contribution >= 0.6 is 0 Å². The average molecular weight is 486 g/mol. The van der Waals surface area contributed by atoms with E-state index in [-0.39, 0.29) is 12.4 Å². The van der Waals surface area contributed by atoms with Gasteiger partial charge in [-0.15, -0.1) is 0 Å². The zero-order valence-corrected chi connectivity index (χ0v) is 19.5. The van der Waals surface area contributed by atoms with Gasteiger partial charge in [0.1, 0.15) is 23.9 Å². The van der Waals surface area contributed by atoms with Gasteiger partial charge in [-0.2, -0.15) is 5.10 Å². The maximum atomic E-state index is 13.2. The lowest BCUT2D eigenvalue weighted by Crippen LogP contribution is -2.32. The number of anilines is 1. The number of amides is 2. The molecule has 4 aromatic rings. The van der Waals surface area contributed by atoms with Crippen LogP contribution < -0.4 is 20.2 Å². The minimum absolute atomic E-state index is 0.219. The van der Waals surface area contributed by atoms with Crippen LogP contribution in [-0.4, -0.2) is 24.6 Å². The van der Waals surface area contributed by atoms with Crippen molar-refractivity contribution in [2.24, 2.45) is 5.10 Å². The third kappa shape index (κ3) is 6.24. The SMILES string of the molecule is CCOc1ccc(NC(=O)C(=O)NN=Cc2c(OCc3ccc(F)cc3)ccc3ccccc23)cc1. The highest BCUT2D eigenvalue weighted by atomic mass is 19.1. The average Bonchev–Trinajstić information content (AvgIpc) is 2.90. The van der Waals surface area contributed by atoms with Crippen LogP contribution in [0, 0.1) is 5.82 Å². The summed E-state index contributed by atoms with van der Waals surface area (Å²) >= 11 is 0. The number of rotatable bonds is 8. The first-order valence-corrected chi connectivity index (χ1v) is 11.3. The maximum Gasteiger partial charge on any atom is 0.329 e. The van der Waals surface area contributed by atoms with Crippen molar-refractivity contribution in [1.29, 1.82) is 0 Å². The molecule has 0 aliphatic heterocycles. The van der Waals surface area contributed by atoms with Gasteiger partial charge in [0.2, 0.25) is 0 Å². The van der Waals surface area contributed by atoms with Crippen LogP contribution in [0.15, 0.2) is 90.0 Å². The largest absolute Gasteiger partial charge is 0.494 e. The smallest absolute Gasteiger partial charge is 0.329 e. The highest BCUT2D eigenvalue weighted by Crippen LogP contribution is 2.27. The Morgan fingerprint density at radius 3 is 2.39 bits per heavy atom. The molecule has 0 radical (unpaired) electrons. The number of hydrogen-bond acceptors (Lipinski definition) is 5. The summed E-state index contributed by atoms with van der Waals surface area (Å²) in [6, 6.07) is 24.1. The lowest BCUT2D eigenvalue weighted by molar-refractivity contribution is -0.136. The van der Waals surface area contributed by atoms with E-state index in [0.29, 0.717) is 29.4 Å². The van der Waals surface area contributed by atoms with E-state index in [2.05, 4.69) is 15.8 Å². The summed E-state index contributed by atoms with van der Waals surface area (Å²) in [5, 5.41) is 8.30. The van der Waals surface area contributed by atoms with Gasteiger partial charge >= 0.3 is 11.8 Å². The normalized spacial score (nSPS) is 10.8. The molecule has 2 N–H and O–H groups in total. The van der Waals surface area contributed by atoms with Crippen LogP contribution in [0.1, 0.15) is 18.1 Å². The summed E-state index contributed by atoms with van der Waals surface area (Å²) in [5.74, 6) is -0.914. The Morgan fingerprint density at radius 1 is 0.889 bits per heavy atom. The van der Waals surface area contributed by atoms with Gasteiger partial charge in [-0.25, -0.2) is 9.82 Å². The summed E-state index contributed by atoms with van der Waals surface area (Å²) < 4.78 is 24.5. The standard InChI is InChI=1S/C28H24FN3O4/c1-2-35-23-14-12-22(13-15-23)31-27(33)28(34)32-30-17-25-24-6-4-3-5-20(24)9-16-26(25)36-18-19-7-10-21(29)11-8-19/h3-17H,2,18H2,1H3,(H,31,33)(H,32,34). The number of hydrazone groups is 1. The molecule has 0 heterocycles. The van der Waals surface area contributed by atoms with Gasteiger partial charge in [0.25, 0.3) is 0 Å². The van der Waals surface area contributed by atoms with Crippen LogP contribution in [0.4, 0.5) is 10.1 Å². The summed E-state index contributed by atoms with van der Waals surface area (Å²) in [7, 11) is 0. The van der Waals surface area contributed by atoms with Crippen molar-refractivity contribution in [1.82, 2.24) is 5.43 Å². The molecule has 0 fully saturated rings. The van der Waals surface area contributed by atoms with Gasteiger partial charge in [-0.3, -0.25) is 9.59 Å². The van der Waals surface area contributed by atoms with Crippen LogP contribution in [0.25, 0.3) is 10.8 Å². The van der Waals surface area contributed by atoms with Crippen molar-refractivity contribution in [2.75, 3.05) is 11.9 Å². The van der Waals surface area contributed by atoms with Crippen LogP contribution in [-0.2, 0) is 16.2 Å². The summed E-state index contributed by atoms with van der Waals surface area (Å²) in [6.07, 6.45) is 1.43. The number of carbonyl (C=O) groups is 2. The molecular formula is C28H24FN3O4. The van der Waals surface area contributed by atoms with E-state index < -0.39 is 11.8 Å². The fourth-order valence-corrected chi connectivity index (χ4v) is 3.47. The molecule has 0 spiro atoms. The number of nitrogens with zero attached hydrogens (tertiary/aromatic N) is 1. The minimum atomic E-state index is -0.922.